The number of halogens is 1. The molecule has 0 fully saturated rings. The third-order valence-electron chi connectivity index (χ3n) is 4.26. The second-order valence-corrected chi connectivity index (χ2v) is 11.4. The summed E-state index contributed by atoms with van der Waals surface area (Å²) in [6.45, 7) is 1.85. The highest BCUT2D eigenvalue weighted by Gasteiger charge is 2.11. The van der Waals surface area contributed by atoms with E-state index in [1.807, 2.05) is 12.1 Å². The van der Waals surface area contributed by atoms with Crippen molar-refractivity contribution < 1.29 is 17.4 Å². The van der Waals surface area contributed by atoms with Gasteiger partial charge in [-0.25, -0.2) is 22.9 Å². The van der Waals surface area contributed by atoms with Gasteiger partial charge in [0.1, 0.15) is 17.7 Å². The molecule has 1 unspecified atom stereocenters. The van der Waals surface area contributed by atoms with Crippen LogP contribution in [0.25, 0.3) is 12.2 Å². The van der Waals surface area contributed by atoms with E-state index in [1.54, 1.807) is 31.2 Å². The largest absolute Gasteiger partial charge is 0.588 e. The molecule has 0 aliphatic carbocycles. The highest BCUT2D eigenvalue weighted by molar-refractivity contribution is 9.12. The second kappa shape index (κ2) is 12.3. The van der Waals surface area contributed by atoms with Gasteiger partial charge in [-0.15, -0.1) is 0 Å². The van der Waals surface area contributed by atoms with Crippen molar-refractivity contribution in [1.29, 1.82) is 0 Å². The summed E-state index contributed by atoms with van der Waals surface area (Å²) < 4.78 is 50.9. The molecular weight excluding hydrogens is 578 g/mol. The van der Waals surface area contributed by atoms with Crippen molar-refractivity contribution in [2.45, 2.75) is 13.5 Å². The van der Waals surface area contributed by atoms with E-state index in [-0.39, 0.29) is 13.1 Å². The van der Waals surface area contributed by atoms with Crippen LogP contribution in [0.4, 0.5) is 5.13 Å². The van der Waals surface area contributed by atoms with E-state index in [9.17, 15) is 17.8 Å². The maximum atomic E-state index is 12.6. The lowest BCUT2D eigenvalue weighted by Gasteiger charge is -2.06. The van der Waals surface area contributed by atoms with Crippen LogP contribution in [0, 0.1) is 11.8 Å². The molecule has 184 valence electrons. The highest BCUT2D eigenvalue weighted by Crippen LogP contribution is 2.14. The van der Waals surface area contributed by atoms with Gasteiger partial charge in [0.05, 0.1) is 29.2 Å². The molecular formula is C21H20BrN5O5S3. The summed E-state index contributed by atoms with van der Waals surface area (Å²) in [6, 6.07) is 7.21. The van der Waals surface area contributed by atoms with Gasteiger partial charge < -0.3 is 8.97 Å². The topological polar surface area (TPSA) is 142 Å². The SMILES string of the molecule is C/C=c1/oc(=O)n(Cc2ccccc2C#CCNS(C)(=O)=O)/c1=C/C(Br)=C/[S+]([O-])Nc1ncns1. The molecule has 2 N–H and O–H groups in total. The minimum atomic E-state index is -3.34. The highest BCUT2D eigenvalue weighted by atomic mass is 79.9. The first-order valence-corrected chi connectivity index (χ1v) is 14.5. The Labute approximate surface area is 217 Å². The molecule has 2 heterocycles. The first-order chi connectivity index (χ1) is 16.7. The lowest BCUT2D eigenvalue weighted by Crippen LogP contribution is -2.32. The predicted octanol–water partition coefficient (Wildman–Crippen LogP) is 0.835. The molecule has 0 spiro atoms. The van der Waals surface area contributed by atoms with Gasteiger partial charge in [0.15, 0.2) is 10.8 Å². The van der Waals surface area contributed by atoms with Crippen LogP contribution in [0.2, 0.25) is 0 Å². The van der Waals surface area contributed by atoms with Crippen molar-refractivity contribution in [1.82, 2.24) is 18.6 Å². The van der Waals surface area contributed by atoms with Crippen molar-refractivity contribution in [2.75, 3.05) is 17.5 Å². The maximum Gasteiger partial charge on any atom is 0.420 e. The number of nitrogens with zero attached hydrogens (tertiary/aromatic N) is 3. The molecule has 0 radical (unpaired) electrons. The molecule has 0 amide bonds. The summed E-state index contributed by atoms with van der Waals surface area (Å²) in [5, 5.41) is 2.29. The van der Waals surface area contributed by atoms with Crippen LogP contribution < -0.4 is 26.0 Å². The van der Waals surface area contributed by atoms with E-state index < -0.39 is 27.1 Å². The van der Waals surface area contributed by atoms with E-state index in [1.165, 1.54) is 16.3 Å². The molecule has 10 nitrogen and oxygen atoms in total. The number of rotatable bonds is 8. The summed E-state index contributed by atoms with van der Waals surface area (Å²) in [6.07, 6.45) is 5.70. The maximum absolute atomic E-state index is 12.6. The summed E-state index contributed by atoms with van der Waals surface area (Å²) in [5.74, 6) is 5.13. The van der Waals surface area contributed by atoms with Crippen molar-refractivity contribution in [2.24, 2.45) is 0 Å². The number of hydrogen-bond donors (Lipinski definition) is 2. The molecule has 14 heteroatoms. The lowest BCUT2D eigenvalue weighted by molar-refractivity contribution is 0.464. The van der Waals surface area contributed by atoms with Gasteiger partial charge >= 0.3 is 5.76 Å². The Bertz CT molecular complexity index is 1550. The van der Waals surface area contributed by atoms with Gasteiger partial charge in [0.25, 0.3) is 0 Å². The molecule has 1 atom stereocenters. The van der Waals surface area contributed by atoms with Crippen LogP contribution in [0.1, 0.15) is 18.1 Å². The van der Waals surface area contributed by atoms with E-state index in [0.717, 1.165) is 23.4 Å². The Kier molecular flexibility index (Phi) is 9.49. The van der Waals surface area contributed by atoms with E-state index in [4.69, 9.17) is 4.42 Å². The third-order valence-corrected chi connectivity index (χ3v) is 7.26. The molecule has 2 aromatic heterocycles. The number of benzene rings is 1. The van der Waals surface area contributed by atoms with Crippen molar-refractivity contribution in [3.8, 4) is 11.8 Å². The number of nitrogens with one attached hydrogen (secondary N) is 2. The Morgan fingerprint density at radius 1 is 1.40 bits per heavy atom. The number of sulfonamides is 1. The molecule has 1 aromatic carbocycles. The molecule has 0 bridgehead atoms. The van der Waals surface area contributed by atoms with E-state index >= 15 is 0 Å². The van der Waals surface area contributed by atoms with Crippen LogP contribution >= 0.6 is 27.5 Å². The van der Waals surface area contributed by atoms with Gasteiger partial charge in [-0.05, 0) is 46.6 Å². The van der Waals surface area contributed by atoms with Gasteiger partial charge in [-0.1, -0.05) is 30.0 Å². The normalized spacial score (nSPS) is 14.0. The summed E-state index contributed by atoms with van der Waals surface area (Å²) in [5.41, 5.74) is 1.73. The molecule has 3 rings (SSSR count). The van der Waals surface area contributed by atoms with Gasteiger partial charge in [-0.2, -0.15) is 9.10 Å². The summed E-state index contributed by atoms with van der Waals surface area (Å²) in [4.78, 5) is 16.6. The molecule has 0 saturated heterocycles. The first kappa shape index (κ1) is 26.9. The summed E-state index contributed by atoms with van der Waals surface area (Å²) >= 11 is 2.86. The number of anilines is 1. The van der Waals surface area contributed by atoms with E-state index in [0.29, 0.717) is 25.9 Å². The van der Waals surface area contributed by atoms with Crippen molar-refractivity contribution >= 4 is 66.1 Å². The minimum absolute atomic E-state index is 0.0350. The molecule has 0 saturated carbocycles. The van der Waals surface area contributed by atoms with Crippen molar-refractivity contribution in [3.05, 3.63) is 72.9 Å². The fourth-order valence-corrected chi connectivity index (χ4v) is 5.10. The third kappa shape index (κ3) is 8.20. The average molecular weight is 599 g/mol. The summed E-state index contributed by atoms with van der Waals surface area (Å²) in [7, 11) is -3.34. The van der Waals surface area contributed by atoms with Gasteiger partial charge in [-0.3, -0.25) is 4.57 Å². The number of allylic oxidation sites excluding steroid dienone is 1. The standard InChI is InChI=1S/C21H20BrN5O5S3/c1-3-19-18(11-17(22)13-34(29)26-20-23-14-24-33-20)27(21(28)32-19)12-16-8-5-4-7-15(16)9-6-10-25-35(2,30)31/h3-5,7-8,11,13-14,25H,10,12H2,1-2H3,(H,23,24,26)/b17-13-,18-11+,19-3+. The van der Waals surface area contributed by atoms with Crippen LogP contribution in [0.3, 0.4) is 0 Å². The molecule has 35 heavy (non-hydrogen) atoms. The minimum Gasteiger partial charge on any atom is -0.588 e. The predicted molar refractivity (Wildman–Crippen MR) is 141 cm³/mol. The second-order valence-electron chi connectivity index (χ2n) is 6.84. The van der Waals surface area contributed by atoms with Crippen LogP contribution in [0.15, 0.2) is 49.7 Å². The molecule has 0 aliphatic rings. The smallest absolute Gasteiger partial charge is 0.420 e. The zero-order valence-corrected chi connectivity index (χ0v) is 22.6. The van der Waals surface area contributed by atoms with Gasteiger partial charge in [0, 0.05) is 17.1 Å². The fraction of sp³-hybridized carbons (Fsp3) is 0.190. The Morgan fingerprint density at radius 2 is 2.17 bits per heavy atom. The monoisotopic (exact) mass is 597 g/mol. The number of hydrogen-bond acceptors (Lipinski definition) is 9. The van der Waals surface area contributed by atoms with Crippen molar-refractivity contribution in [3.63, 3.8) is 0 Å². The zero-order valence-electron chi connectivity index (χ0n) is 18.5. The molecule has 3 aromatic rings. The van der Waals surface area contributed by atoms with Crippen LogP contribution in [-0.4, -0.2) is 39.7 Å². The Hall–Kier alpha value is -2.67. The average Bonchev–Trinajstić information content (AvgIpc) is 3.40. The fourth-order valence-electron chi connectivity index (χ4n) is 2.80. The quantitative estimate of drug-likeness (QED) is 0.287. The lowest BCUT2D eigenvalue weighted by atomic mass is 10.1. The van der Waals surface area contributed by atoms with Crippen LogP contribution in [-0.2, 0) is 27.9 Å². The Morgan fingerprint density at radius 3 is 2.86 bits per heavy atom. The number of oxazole rings is 1. The molecule has 0 aliphatic heterocycles. The Balaban J connectivity index is 1.93. The zero-order chi connectivity index (χ0) is 25.4. The van der Waals surface area contributed by atoms with Gasteiger partial charge in [0.2, 0.25) is 15.2 Å². The van der Waals surface area contributed by atoms with Crippen LogP contribution in [0.5, 0.6) is 0 Å². The van der Waals surface area contributed by atoms with E-state index in [2.05, 4.69) is 46.6 Å². The number of aromatic nitrogens is 3. The first-order valence-electron chi connectivity index (χ1n) is 9.86.